The highest BCUT2D eigenvalue weighted by molar-refractivity contribution is 5.97. The summed E-state index contributed by atoms with van der Waals surface area (Å²) in [6, 6.07) is 10.1. The highest BCUT2D eigenvalue weighted by Gasteiger charge is 2.41. The number of amides is 8. The van der Waals surface area contributed by atoms with Gasteiger partial charge in [-0.05, 0) is 62.0 Å². The van der Waals surface area contributed by atoms with Crippen LogP contribution in [0, 0.1) is 11.8 Å². The van der Waals surface area contributed by atoms with Gasteiger partial charge in [0.05, 0.1) is 36.8 Å². The second-order valence-corrected chi connectivity index (χ2v) is 20.8. The third kappa shape index (κ3) is 18.1. The van der Waals surface area contributed by atoms with Crippen LogP contribution in [0.4, 0.5) is 0 Å². The minimum Gasteiger partial charge on any atom is -0.390 e. The largest absolute Gasteiger partial charge is 0.390 e. The zero-order valence-corrected chi connectivity index (χ0v) is 44.3. The number of rotatable bonds is 29. The Morgan fingerprint density at radius 2 is 1.20 bits per heavy atom. The molecule has 76 heavy (non-hydrogen) atoms. The number of aliphatic hydroxyl groups is 1. The Kier molecular flexibility index (Phi) is 22.2. The fourth-order valence-electron chi connectivity index (χ4n) is 8.96. The molecule has 1 aliphatic rings. The molecule has 3 unspecified atom stereocenters. The van der Waals surface area contributed by atoms with Crippen molar-refractivity contribution >= 4 is 47.3 Å². The number of nitrogens with zero attached hydrogens (tertiary/aromatic N) is 3. The lowest BCUT2D eigenvalue weighted by Gasteiger charge is -2.32. The first-order valence-corrected chi connectivity index (χ1v) is 26.0. The number of hydrogen-bond acceptors (Lipinski definition) is 12. The van der Waals surface area contributed by atoms with Crippen LogP contribution in [0.3, 0.4) is 0 Å². The number of aromatic nitrogens is 4. The number of benzene rings is 2. The zero-order valence-electron chi connectivity index (χ0n) is 44.3. The van der Waals surface area contributed by atoms with Gasteiger partial charge in [-0.2, -0.15) is 0 Å². The van der Waals surface area contributed by atoms with Gasteiger partial charge in [0.25, 0.3) is 0 Å². The van der Waals surface area contributed by atoms with Crippen LogP contribution in [0.5, 0.6) is 0 Å². The average molecular weight is 1050 g/mol. The van der Waals surface area contributed by atoms with Crippen LogP contribution < -0.4 is 43.4 Å². The van der Waals surface area contributed by atoms with E-state index in [9.17, 15) is 43.5 Å². The van der Waals surface area contributed by atoms with E-state index in [0.29, 0.717) is 29.8 Å². The second-order valence-electron chi connectivity index (χ2n) is 20.8. The van der Waals surface area contributed by atoms with Crippen molar-refractivity contribution in [2.75, 3.05) is 6.54 Å². The van der Waals surface area contributed by atoms with Crippen LogP contribution in [0.2, 0.25) is 0 Å². The molecule has 0 spiro atoms. The lowest BCUT2D eigenvalue weighted by atomic mass is 9.95. The Balaban J connectivity index is 1.33. The molecule has 1 aliphatic heterocycles. The summed E-state index contributed by atoms with van der Waals surface area (Å²) in [7, 11) is 0. The Morgan fingerprint density at radius 1 is 0.684 bits per heavy atom. The number of aromatic amines is 2. The van der Waals surface area contributed by atoms with E-state index in [2.05, 4.69) is 51.8 Å². The molecule has 8 amide bonds. The van der Waals surface area contributed by atoms with Gasteiger partial charge in [-0.25, -0.2) is 9.97 Å². The van der Waals surface area contributed by atoms with Crippen LogP contribution in [0.25, 0.3) is 0 Å². The van der Waals surface area contributed by atoms with E-state index in [1.165, 1.54) is 29.9 Å². The van der Waals surface area contributed by atoms with Crippen molar-refractivity contribution in [3.8, 4) is 0 Å². The molecule has 4 aromatic rings. The van der Waals surface area contributed by atoms with Gasteiger partial charge in [-0.15, -0.1) is 0 Å². The predicted octanol–water partition coefficient (Wildman–Crippen LogP) is 0.759. The molecule has 22 nitrogen and oxygen atoms in total. The van der Waals surface area contributed by atoms with Gasteiger partial charge in [0.15, 0.2) is 0 Å². The summed E-state index contributed by atoms with van der Waals surface area (Å²) in [6.07, 6.45) is 5.44. The number of H-pyrrole nitrogens is 2. The molecule has 2 aromatic carbocycles. The van der Waals surface area contributed by atoms with Crippen LogP contribution in [-0.4, -0.2) is 138 Å². The number of aliphatic hydroxyl groups excluding tert-OH is 1. The molecule has 13 N–H and O–H groups in total. The molecule has 3 heterocycles. The van der Waals surface area contributed by atoms with E-state index < -0.39 is 108 Å². The topological polar surface area (TPSA) is 342 Å². The quantitative estimate of drug-likeness (QED) is 0.0359. The van der Waals surface area contributed by atoms with Crippen molar-refractivity contribution in [3.63, 3.8) is 0 Å². The summed E-state index contributed by atoms with van der Waals surface area (Å²) in [5.74, 6) is -5.33. The van der Waals surface area contributed by atoms with Gasteiger partial charge in [-0.1, -0.05) is 95.3 Å². The summed E-state index contributed by atoms with van der Waals surface area (Å²) in [5.41, 5.74) is 13.2. The molecule has 1 fully saturated rings. The lowest BCUT2D eigenvalue weighted by molar-refractivity contribution is -0.142. The van der Waals surface area contributed by atoms with E-state index in [0.717, 1.165) is 5.56 Å². The fourth-order valence-corrected chi connectivity index (χ4v) is 8.96. The SMILES string of the molecule is CCC(C)(N)C(=O)N[C@@H](Cc1cnc[nH]1)C(=O)N1CCC[C@H]1C(=O)N[C@@H](Cc1ccccc1)C(=O)N[C@@H](Cc1cnc[nH]1)C(=O)NC(CC(C)C)C(O)CC(=O)N[C@@H](CC(C)C)C(=O)N[C@@H](Cc1ccccc1)C(N)=O. The molecule has 0 radical (unpaired) electrons. The third-order valence-corrected chi connectivity index (χ3v) is 13.4. The molecule has 0 aliphatic carbocycles. The Labute approximate surface area is 443 Å². The molecule has 0 bridgehead atoms. The fraction of sp³-hybridized carbons (Fsp3) is 0.519. The van der Waals surface area contributed by atoms with Crippen molar-refractivity contribution in [2.24, 2.45) is 23.3 Å². The maximum Gasteiger partial charge on any atom is 0.246 e. The predicted molar refractivity (Wildman–Crippen MR) is 283 cm³/mol. The molecule has 412 valence electrons. The first-order valence-electron chi connectivity index (χ1n) is 26.0. The summed E-state index contributed by atoms with van der Waals surface area (Å²) in [6.45, 7) is 11.0. The van der Waals surface area contributed by atoms with Crippen molar-refractivity contribution in [1.29, 1.82) is 0 Å². The minimum atomic E-state index is -1.46. The van der Waals surface area contributed by atoms with Crippen molar-refractivity contribution in [2.45, 2.75) is 160 Å². The molecule has 22 heteroatoms. The van der Waals surface area contributed by atoms with Gasteiger partial charge < -0.3 is 63.3 Å². The van der Waals surface area contributed by atoms with E-state index in [-0.39, 0.29) is 63.3 Å². The number of hydrogen-bond donors (Lipinski definition) is 11. The summed E-state index contributed by atoms with van der Waals surface area (Å²) in [4.78, 5) is 126. The first-order chi connectivity index (χ1) is 36.1. The summed E-state index contributed by atoms with van der Waals surface area (Å²) < 4.78 is 0. The number of likely N-dealkylation sites (tertiary alicyclic amines) is 1. The van der Waals surface area contributed by atoms with Gasteiger partial charge >= 0.3 is 0 Å². The molecule has 5 rings (SSSR count). The number of imidazole rings is 2. The molecule has 9 atom stereocenters. The number of nitrogens with two attached hydrogens (primary N) is 2. The van der Waals surface area contributed by atoms with E-state index in [4.69, 9.17) is 11.5 Å². The average Bonchev–Trinajstić information content (AvgIpc) is 4.20. The van der Waals surface area contributed by atoms with E-state index in [1.807, 2.05) is 33.8 Å². The normalized spacial score (nSPS) is 17.0. The highest BCUT2D eigenvalue weighted by Crippen LogP contribution is 2.21. The molecular formula is C54H77N13O9. The Morgan fingerprint density at radius 3 is 1.72 bits per heavy atom. The van der Waals surface area contributed by atoms with Crippen molar-refractivity contribution in [1.82, 2.24) is 56.7 Å². The van der Waals surface area contributed by atoms with Gasteiger partial charge in [0.2, 0.25) is 47.3 Å². The number of carbonyl (C=O) groups is 8. The lowest BCUT2D eigenvalue weighted by Crippen LogP contribution is -2.61. The van der Waals surface area contributed by atoms with Gasteiger partial charge in [0.1, 0.15) is 36.3 Å². The standard InChI is InChI=1S/C54H77N13O9/c1-7-54(6,56)53(76)66-43(26-37-29-58-31-60-37)52(75)67-20-14-19-44(67)51(74)65-41(24-35-17-12-9-13-18-35)49(72)64-42(25-36-28-57-30-59-36)50(73)62-38(21-32(2)3)45(68)27-46(69)61-40(22-33(4)5)48(71)63-39(47(55)70)23-34-15-10-8-11-16-34/h8-13,15-18,28-33,38-45,68H,7,14,19-27,56H2,1-6H3,(H2,55,70)(H,57,59)(H,58,60)(H,61,69)(H,62,73)(H,63,71)(H,64,72)(H,65,74)(H,66,76)/t38?,39-,40-,41-,42-,43-,44-,45?,54?/m0/s1. The van der Waals surface area contributed by atoms with Gasteiger partial charge in [-0.3, -0.25) is 38.4 Å². The highest BCUT2D eigenvalue weighted by atomic mass is 16.3. The smallest absolute Gasteiger partial charge is 0.246 e. The molecule has 0 saturated carbocycles. The Bertz CT molecular complexity index is 2520. The van der Waals surface area contributed by atoms with Crippen LogP contribution in [0.15, 0.2) is 85.7 Å². The van der Waals surface area contributed by atoms with E-state index >= 15 is 0 Å². The van der Waals surface area contributed by atoms with Crippen LogP contribution in [0.1, 0.15) is 103 Å². The number of nitrogens with one attached hydrogen (secondary N) is 8. The minimum absolute atomic E-state index is 0.00206. The van der Waals surface area contributed by atoms with Crippen LogP contribution in [-0.2, 0) is 64.0 Å². The van der Waals surface area contributed by atoms with Crippen molar-refractivity contribution < 1.29 is 43.5 Å². The van der Waals surface area contributed by atoms with E-state index in [1.54, 1.807) is 68.4 Å². The number of primary amides is 1. The maximum absolute atomic E-state index is 14.6. The molecule has 1 saturated heterocycles. The summed E-state index contributed by atoms with van der Waals surface area (Å²) >= 11 is 0. The summed E-state index contributed by atoms with van der Waals surface area (Å²) in [5, 5.41) is 28.4. The first kappa shape index (κ1) is 59.4. The van der Waals surface area contributed by atoms with Gasteiger partial charge in [0, 0.05) is 56.0 Å². The maximum atomic E-state index is 14.6. The monoisotopic (exact) mass is 1050 g/mol. The molecule has 2 aromatic heterocycles. The van der Waals surface area contributed by atoms with Crippen molar-refractivity contribution in [3.05, 3.63) is 108 Å². The van der Waals surface area contributed by atoms with Crippen LogP contribution >= 0.6 is 0 Å². The zero-order chi connectivity index (χ0) is 55.5. The Hall–Kier alpha value is -7.46. The third-order valence-electron chi connectivity index (χ3n) is 13.4. The number of carbonyl (C=O) groups excluding carboxylic acids is 8. The second kappa shape index (κ2) is 28.4. The molecular weight excluding hydrogens is 975 g/mol.